The van der Waals surface area contributed by atoms with Gasteiger partial charge in [-0.05, 0) is 42.8 Å². The lowest BCUT2D eigenvalue weighted by Crippen LogP contribution is -3.13. The number of nitrogens with one attached hydrogen (secondary N) is 2. The molecule has 0 radical (unpaired) electrons. The summed E-state index contributed by atoms with van der Waals surface area (Å²) in [6, 6.07) is 8.41. The number of para-hydroxylation sites is 1. The van der Waals surface area contributed by atoms with E-state index >= 15 is 0 Å². The van der Waals surface area contributed by atoms with Crippen molar-refractivity contribution in [2.24, 2.45) is 0 Å². The Morgan fingerprint density at radius 1 is 1.38 bits per heavy atom. The SMILES string of the molecule is CSCCCNC(=S)N1CC[NH+](Cc2nc3ccccc3s2)CC1. The van der Waals surface area contributed by atoms with Gasteiger partial charge in [-0.1, -0.05) is 12.1 Å². The second-order valence-corrected chi connectivity index (χ2v) is 8.55. The van der Waals surface area contributed by atoms with Crippen molar-refractivity contribution in [3.05, 3.63) is 29.3 Å². The molecule has 3 rings (SSSR count). The number of fused-ring (bicyclic) bond motifs is 1. The molecule has 1 aliphatic rings. The molecule has 1 aliphatic heterocycles. The molecule has 1 saturated heterocycles. The van der Waals surface area contributed by atoms with Gasteiger partial charge in [0.05, 0.1) is 36.4 Å². The van der Waals surface area contributed by atoms with Crippen LogP contribution in [0.25, 0.3) is 10.2 Å². The largest absolute Gasteiger partial charge is 0.363 e. The first-order valence-electron chi connectivity index (χ1n) is 8.46. The molecule has 2 N–H and O–H groups in total. The Morgan fingerprint density at radius 3 is 2.92 bits per heavy atom. The molecule has 0 atom stereocenters. The second-order valence-electron chi connectivity index (χ2n) is 6.07. The monoisotopic (exact) mass is 381 g/mol. The Kier molecular flexibility index (Phi) is 6.71. The van der Waals surface area contributed by atoms with E-state index in [0.29, 0.717) is 0 Å². The van der Waals surface area contributed by atoms with Crippen LogP contribution in [0.2, 0.25) is 0 Å². The van der Waals surface area contributed by atoms with Crippen LogP contribution in [-0.4, -0.2) is 59.7 Å². The molecule has 2 aromatic rings. The first kappa shape index (κ1) is 17.9. The number of thioether (sulfide) groups is 1. The van der Waals surface area contributed by atoms with Gasteiger partial charge in [0.1, 0.15) is 11.6 Å². The van der Waals surface area contributed by atoms with E-state index in [0.717, 1.165) is 49.9 Å². The smallest absolute Gasteiger partial charge is 0.169 e. The molecule has 4 nitrogen and oxygen atoms in total. The molecule has 0 saturated carbocycles. The standard InChI is InChI=1S/C17H24N4S3/c1-23-12-4-7-18-17(22)21-10-8-20(9-11-21)13-16-19-14-5-2-3-6-15(14)24-16/h2-3,5-6H,4,7-13H2,1H3,(H,18,22)/p+1. The highest BCUT2D eigenvalue weighted by molar-refractivity contribution is 7.98. The molecular weight excluding hydrogens is 356 g/mol. The van der Waals surface area contributed by atoms with Gasteiger partial charge in [0.2, 0.25) is 0 Å². The highest BCUT2D eigenvalue weighted by atomic mass is 32.2. The molecule has 0 bridgehead atoms. The fourth-order valence-corrected chi connectivity index (χ4v) is 4.69. The molecule has 0 unspecified atom stereocenters. The van der Waals surface area contributed by atoms with Crippen molar-refractivity contribution in [2.75, 3.05) is 44.7 Å². The second kappa shape index (κ2) is 8.99. The van der Waals surface area contributed by atoms with Gasteiger partial charge in [0, 0.05) is 6.54 Å². The molecule has 0 aliphatic carbocycles. The summed E-state index contributed by atoms with van der Waals surface area (Å²) >= 11 is 9.24. The molecule has 2 heterocycles. The van der Waals surface area contributed by atoms with Crippen molar-refractivity contribution >= 4 is 50.6 Å². The van der Waals surface area contributed by atoms with Crippen LogP contribution in [0.3, 0.4) is 0 Å². The lowest BCUT2D eigenvalue weighted by molar-refractivity contribution is -0.917. The summed E-state index contributed by atoms with van der Waals surface area (Å²) in [4.78, 5) is 8.69. The third kappa shape index (κ3) is 4.81. The minimum Gasteiger partial charge on any atom is -0.363 e. The maximum Gasteiger partial charge on any atom is 0.169 e. The number of hydrogen-bond acceptors (Lipinski definition) is 4. The zero-order chi connectivity index (χ0) is 16.8. The Bertz CT molecular complexity index is 632. The van der Waals surface area contributed by atoms with Crippen LogP contribution in [0.1, 0.15) is 11.4 Å². The van der Waals surface area contributed by atoms with E-state index in [1.54, 1.807) is 4.90 Å². The third-order valence-corrected chi connectivity index (χ3v) is 6.43. The molecule has 24 heavy (non-hydrogen) atoms. The van der Waals surface area contributed by atoms with Gasteiger partial charge < -0.3 is 15.1 Å². The van der Waals surface area contributed by atoms with E-state index in [1.807, 2.05) is 23.1 Å². The van der Waals surface area contributed by atoms with Crippen LogP contribution in [0.5, 0.6) is 0 Å². The van der Waals surface area contributed by atoms with Gasteiger partial charge in [-0.15, -0.1) is 11.3 Å². The number of thiazole rings is 1. The molecule has 7 heteroatoms. The zero-order valence-electron chi connectivity index (χ0n) is 14.1. The van der Waals surface area contributed by atoms with Crippen LogP contribution < -0.4 is 10.2 Å². The van der Waals surface area contributed by atoms with E-state index in [4.69, 9.17) is 17.2 Å². The van der Waals surface area contributed by atoms with E-state index < -0.39 is 0 Å². The topological polar surface area (TPSA) is 32.6 Å². The van der Waals surface area contributed by atoms with Gasteiger partial charge in [0.15, 0.2) is 5.11 Å². The van der Waals surface area contributed by atoms with Gasteiger partial charge >= 0.3 is 0 Å². The summed E-state index contributed by atoms with van der Waals surface area (Å²) < 4.78 is 1.29. The molecule has 1 aromatic heterocycles. The fraction of sp³-hybridized carbons (Fsp3) is 0.529. The number of piperazine rings is 1. The van der Waals surface area contributed by atoms with Crippen molar-refractivity contribution in [1.29, 1.82) is 0 Å². The summed E-state index contributed by atoms with van der Waals surface area (Å²) in [5.74, 6) is 1.19. The maximum absolute atomic E-state index is 5.52. The Hall–Kier alpha value is -0.890. The molecular formula is C17H25N4S3+. The number of rotatable bonds is 6. The van der Waals surface area contributed by atoms with Gasteiger partial charge in [0.25, 0.3) is 0 Å². The van der Waals surface area contributed by atoms with Crippen molar-refractivity contribution in [1.82, 2.24) is 15.2 Å². The van der Waals surface area contributed by atoms with Crippen molar-refractivity contribution in [2.45, 2.75) is 13.0 Å². The highest BCUT2D eigenvalue weighted by Crippen LogP contribution is 2.20. The van der Waals surface area contributed by atoms with E-state index in [9.17, 15) is 0 Å². The summed E-state index contributed by atoms with van der Waals surface area (Å²) in [5.41, 5.74) is 1.13. The zero-order valence-corrected chi connectivity index (χ0v) is 16.5. The molecule has 1 aromatic carbocycles. The lowest BCUT2D eigenvalue weighted by atomic mass is 10.3. The van der Waals surface area contributed by atoms with E-state index in [-0.39, 0.29) is 0 Å². The van der Waals surface area contributed by atoms with Gasteiger partial charge in [-0.25, -0.2) is 4.98 Å². The average Bonchev–Trinajstić information content (AvgIpc) is 3.01. The Balaban J connectivity index is 1.44. The normalized spacial score (nSPS) is 15.8. The molecule has 0 spiro atoms. The summed E-state index contributed by atoms with van der Waals surface area (Å²) in [6.45, 7) is 6.34. The number of benzene rings is 1. The van der Waals surface area contributed by atoms with Crippen LogP contribution in [-0.2, 0) is 6.54 Å². The molecule has 1 fully saturated rings. The maximum atomic E-state index is 5.52. The highest BCUT2D eigenvalue weighted by Gasteiger charge is 2.22. The summed E-state index contributed by atoms with van der Waals surface area (Å²) in [7, 11) is 0. The minimum absolute atomic E-state index is 0.926. The molecule has 130 valence electrons. The first-order chi connectivity index (χ1) is 11.8. The minimum atomic E-state index is 0.926. The Morgan fingerprint density at radius 2 is 2.17 bits per heavy atom. The number of aromatic nitrogens is 1. The third-order valence-electron chi connectivity index (χ3n) is 4.30. The van der Waals surface area contributed by atoms with Gasteiger partial charge in [-0.3, -0.25) is 0 Å². The number of thiocarbonyl (C=S) groups is 1. The van der Waals surface area contributed by atoms with Crippen molar-refractivity contribution in [3.8, 4) is 0 Å². The van der Waals surface area contributed by atoms with Crippen molar-refractivity contribution in [3.63, 3.8) is 0 Å². The number of nitrogens with zero attached hydrogens (tertiary/aromatic N) is 2. The van der Waals surface area contributed by atoms with Crippen molar-refractivity contribution < 1.29 is 4.90 Å². The Labute approximate surface area is 157 Å². The predicted octanol–water partition coefficient (Wildman–Crippen LogP) is 1.62. The number of hydrogen-bond donors (Lipinski definition) is 2. The van der Waals surface area contributed by atoms with Gasteiger partial charge in [-0.2, -0.15) is 11.8 Å². The predicted molar refractivity (Wildman–Crippen MR) is 109 cm³/mol. The fourth-order valence-electron chi connectivity index (χ4n) is 2.94. The van der Waals surface area contributed by atoms with Crippen LogP contribution in [0.15, 0.2) is 24.3 Å². The summed E-state index contributed by atoms with van der Waals surface area (Å²) in [5, 5.41) is 5.57. The quantitative estimate of drug-likeness (QED) is 0.587. The summed E-state index contributed by atoms with van der Waals surface area (Å²) in [6.07, 6.45) is 3.32. The van der Waals surface area contributed by atoms with Crippen LogP contribution >= 0.6 is 35.3 Å². The van der Waals surface area contributed by atoms with Crippen LogP contribution in [0.4, 0.5) is 0 Å². The molecule has 0 amide bonds. The van der Waals surface area contributed by atoms with E-state index in [2.05, 4.69) is 40.7 Å². The average molecular weight is 382 g/mol. The van der Waals surface area contributed by atoms with E-state index in [1.165, 1.54) is 21.9 Å². The lowest BCUT2D eigenvalue weighted by Gasteiger charge is -2.33. The first-order valence-corrected chi connectivity index (χ1v) is 11.1. The number of quaternary nitrogens is 1. The van der Waals surface area contributed by atoms with Crippen LogP contribution in [0, 0.1) is 0 Å².